The summed E-state index contributed by atoms with van der Waals surface area (Å²) in [6, 6.07) is 15.1. The Labute approximate surface area is 153 Å². The maximum absolute atomic E-state index is 14.9. The number of alkyl halides is 1. The zero-order chi connectivity index (χ0) is 18.9. The average molecular weight is 378 g/mol. The van der Waals surface area contributed by atoms with Gasteiger partial charge < -0.3 is 4.74 Å². The van der Waals surface area contributed by atoms with E-state index in [1.54, 1.807) is 12.1 Å². The highest BCUT2D eigenvalue weighted by atomic mass is 32.1. The minimum atomic E-state index is -2.36. The number of thiol groups is 1. The van der Waals surface area contributed by atoms with Gasteiger partial charge in [-0.2, -0.15) is 4.39 Å². The third-order valence-electron chi connectivity index (χ3n) is 3.87. The lowest BCUT2D eigenvalue weighted by Crippen LogP contribution is -2.23. The van der Waals surface area contributed by atoms with Gasteiger partial charge >= 0.3 is 0 Å². The summed E-state index contributed by atoms with van der Waals surface area (Å²) >= 11 is 4.22. The Kier molecular flexibility index (Phi) is 4.96. The average Bonchev–Trinajstić information content (AvgIpc) is 2.60. The van der Waals surface area contributed by atoms with Gasteiger partial charge in [0.1, 0.15) is 5.75 Å². The Hall–Kier alpha value is -2.47. The van der Waals surface area contributed by atoms with Crippen molar-refractivity contribution >= 4 is 12.6 Å². The van der Waals surface area contributed by atoms with Crippen molar-refractivity contribution in [3.05, 3.63) is 83.7 Å². The van der Waals surface area contributed by atoms with Crippen molar-refractivity contribution in [1.29, 1.82) is 0 Å². The fourth-order valence-electron chi connectivity index (χ4n) is 2.49. The molecule has 3 aromatic rings. The summed E-state index contributed by atoms with van der Waals surface area (Å²) in [4.78, 5) is 0.828. The number of hydrogen-bond acceptors (Lipinski definition) is 2. The smallest absolute Gasteiger partial charge is 0.271 e. The van der Waals surface area contributed by atoms with Crippen molar-refractivity contribution in [2.24, 2.45) is 0 Å². The van der Waals surface area contributed by atoms with E-state index in [2.05, 4.69) is 12.6 Å². The first-order valence-electron chi connectivity index (χ1n) is 7.69. The molecule has 1 nitrogen and oxygen atoms in total. The zero-order valence-electron chi connectivity index (χ0n) is 13.6. The maximum atomic E-state index is 14.9. The highest BCUT2D eigenvalue weighted by molar-refractivity contribution is 7.80. The summed E-state index contributed by atoms with van der Waals surface area (Å²) in [5.74, 6) is -7.32. The second-order valence-corrected chi connectivity index (χ2v) is 6.36. The van der Waals surface area contributed by atoms with E-state index in [1.165, 1.54) is 12.1 Å². The van der Waals surface area contributed by atoms with Gasteiger partial charge in [-0.3, -0.25) is 0 Å². The van der Waals surface area contributed by atoms with Gasteiger partial charge in [-0.05, 0) is 23.3 Å². The highest BCUT2D eigenvalue weighted by Crippen LogP contribution is 2.32. The maximum Gasteiger partial charge on any atom is 0.271 e. The fraction of sp³-hybridized carbons (Fsp3) is 0.100. The highest BCUT2D eigenvalue weighted by Gasteiger charge is 2.29. The van der Waals surface area contributed by atoms with Gasteiger partial charge in [-0.1, -0.05) is 36.4 Å². The molecule has 0 saturated heterocycles. The molecule has 0 fully saturated rings. The van der Waals surface area contributed by atoms with Crippen molar-refractivity contribution in [2.45, 2.75) is 17.7 Å². The zero-order valence-corrected chi connectivity index (χ0v) is 14.5. The molecule has 3 rings (SSSR count). The molecular formula is C20H14F4OS. The Balaban J connectivity index is 1.84. The number of hydrogen-bond donors (Lipinski definition) is 1. The second-order valence-electron chi connectivity index (χ2n) is 5.84. The van der Waals surface area contributed by atoms with Crippen LogP contribution in [-0.4, -0.2) is 0 Å². The molecule has 0 aliphatic rings. The Morgan fingerprint density at radius 3 is 1.77 bits per heavy atom. The van der Waals surface area contributed by atoms with Gasteiger partial charge in [-0.25, -0.2) is 13.2 Å². The minimum absolute atomic E-state index is 0.150. The fourth-order valence-corrected chi connectivity index (χ4v) is 2.63. The molecule has 0 aromatic heterocycles. The van der Waals surface area contributed by atoms with E-state index in [4.69, 9.17) is 4.74 Å². The normalized spacial score (nSPS) is 13.3. The molecule has 0 bridgehead atoms. The number of rotatable bonds is 4. The van der Waals surface area contributed by atoms with Gasteiger partial charge in [-0.15, -0.1) is 12.6 Å². The first-order valence-corrected chi connectivity index (χ1v) is 8.13. The van der Waals surface area contributed by atoms with E-state index in [9.17, 15) is 17.6 Å². The standard InChI is InChI=1S/C20H14F4OS/c1-20(24,25-15-10-17(21)19(23)18(22)11-15)14-6-2-12(3-7-14)13-4-8-16(26)9-5-13/h2-11,26H,1H3. The lowest BCUT2D eigenvalue weighted by atomic mass is 10.0. The minimum Gasteiger partial charge on any atom is -0.454 e. The molecule has 26 heavy (non-hydrogen) atoms. The van der Waals surface area contributed by atoms with Gasteiger partial charge in [0, 0.05) is 29.5 Å². The van der Waals surface area contributed by atoms with Crippen LogP contribution in [0.2, 0.25) is 0 Å². The molecule has 0 aliphatic carbocycles. The molecule has 0 aliphatic heterocycles. The summed E-state index contributed by atoms with van der Waals surface area (Å²) in [6.07, 6.45) is 0. The number of halogens is 4. The first kappa shape index (κ1) is 18.3. The largest absolute Gasteiger partial charge is 0.454 e. The predicted molar refractivity (Wildman–Crippen MR) is 94.5 cm³/mol. The lowest BCUT2D eigenvalue weighted by Gasteiger charge is -2.23. The van der Waals surface area contributed by atoms with Crippen molar-refractivity contribution in [2.75, 3.05) is 0 Å². The molecular weight excluding hydrogens is 364 g/mol. The Morgan fingerprint density at radius 2 is 1.27 bits per heavy atom. The summed E-state index contributed by atoms with van der Waals surface area (Å²) in [6.45, 7) is 1.11. The molecule has 0 amide bonds. The van der Waals surface area contributed by atoms with Crippen LogP contribution < -0.4 is 4.74 Å². The summed E-state index contributed by atoms with van der Waals surface area (Å²) in [5.41, 5.74) is 1.94. The third kappa shape index (κ3) is 3.85. The quantitative estimate of drug-likeness (QED) is 0.319. The molecule has 0 spiro atoms. The SMILES string of the molecule is CC(F)(Oc1cc(F)c(F)c(F)c1)c1ccc(-c2ccc(S)cc2)cc1. The van der Waals surface area contributed by atoms with Gasteiger partial charge in [0.15, 0.2) is 17.5 Å². The Bertz CT molecular complexity index is 899. The summed E-state index contributed by atoms with van der Waals surface area (Å²) < 4.78 is 59.5. The molecule has 6 heteroatoms. The lowest BCUT2D eigenvalue weighted by molar-refractivity contribution is -0.0509. The Morgan fingerprint density at radius 1 is 0.808 bits per heavy atom. The van der Waals surface area contributed by atoms with E-state index in [0.717, 1.165) is 22.9 Å². The molecule has 1 unspecified atom stereocenters. The van der Waals surface area contributed by atoms with Crippen LogP contribution in [0.25, 0.3) is 11.1 Å². The van der Waals surface area contributed by atoms with Crippen LogP contribution in [-0.2, 0) is 5.85 Å². The van der Waals surface area contributed by atoms with E-state index in [-0.39, 0.29) is 5.56 Å². The van der Waals surface area contributed by atoms with Crippen molar-refractivity contribution in [1.82, 2.24) is 0 Å². The summed E-state index contributed by atoms with van der Waals surface area (Å²) in [7, 11) is 0. The van der Waals surface area contributed by atoms with Crippen LogP contribution in [0.5, 0.6) is 5.75 Å². The molecule has 134 valence electrons. The van der Waals surface area contributed by atoms with Crippen LogP contribution in [0.15, 0.2) is 65.6 Å². The van der Waals surface area contributed by atoms with Crippen molar-refractivity contribution in [3.8, 4) is 16.9 Å². The molecule has 3 aromatic carbocycles. The molecule has 1 atom stereocenters. The molecule has 0 radical (unpaired) electrons. The van der Waals surface area contributed by atoms with Crippen LogP contribution in [0.4, 0.5) is 17.6 Å². The monoisotopic (exact) mass is 378 g/mol. The van der Waals surface area contributed by atoms with Crippen LogP contribution in [0.1, 0.15) is 12.5 Å². The van der Waals surface area contributed by atoms with Crippen LogP contribution in [0.3, 0.4) is 0 Å². The number of benzene rings is 3. The van der Waals surface area contributed by atoms with E-state index < -0.39 is 29.1 Å². The van der Waals surface area contributed by atoms with Gasteiger partial charge in [0.25, 0.3) is 5.85 Å². The number of ether oxygens (including phenoxy) is 1. The van der Waals surface area contributed by atoms with E-state index in [0.29, 0.717) is 12.1 Å². The van der Waals surface area contributed by atoms with E-state index in [1.807, 2.05) is 24.3 Å². The predicted octanol–water partition coefficient (Wildman–Crippen LogP) is 6.28. The second kappa shape index (κ2) is 7.03. The first-order chi connectivity index (χ1) is 12.3. The summed E-state index contributed by atoms with van der Waals surface area (Å²) in [5, 5.41) is 0. The molecule has 0 saturated carbocycles. The van der Waals surface area contributed by atoms with Gasteiger partial charge in [0.05, 0.1) is 0 Å². The molecule has 0 heterocycles. The van der Waals surface area contributed by atoms with Crippen LogP contribution in [0, 0.1) is 17.5 Å². The topological polar surface area (TPSA) is 9.23 Å². The van der Waals surface area contributed by atoms with Crippen LogP contribution >= 0.6 is 12.6 Å². The molecule has 0 N–H and O–H groups in total. The third-order valence-corrected chi connectivity index (χ3v) is 4.17. The van der Waals surface area contributed by atoms with Crippen molar-refractivity contribution in [3.63, 3.8) is 0 Å². The van der Waals surface area contributed by atoms with E-state index >= 15 is 0 Å². The van der Waals surface area contributed by atoms with Gasteiger partial charge in [0.2, 0.25) is 0 Å². The van der Waals surface area contributed by atoms with Crippen molar-refractivity contribution < 1.29 is 22.3 Å².